The largest absolute Gasteiger partial charge is 0.478 e. The molecule has 5 nitrogen and oxygen atoms in total. The number of nitrogens with one attached hydrogen (secondary N) is 1. The second-order valence-corrected chi connectivity index (χ2v) is 9.80. The number of carboxylic acid groups (broad SMARTS) is 1. The maximum Gasteiger partial charge on any atom is 0.416 e. The molecule has 2 aromatic carbocycles. The Kier molecular flexibility index (Phi) is 5.47. The highest BCUT2D eigenvalue weighted by Gasteiger charge is 2.48. The van der Waals surface area contributed by atoms with E-state index in [0.29, 0.717) is 12.1 Å². The number of carbonyl (C=O) groups is 2. The third-order valence-corrected chi connectivity index (χ3v) is 7.62. The van der Waals surface area contributed by atoms with E-state index < -0.39 is 23.2 Å². The zero-order valence-electron chi connectivity index (χ0n) is 17.9. The Balaban J connectivity index is 1.28. The quantitative estimate of drug-likeness (QED) is 0.608. The molecule has 0 saturated heterocycles. The fourth-order valence-corrected chi connectivity index (χ4v) is 5.62. The maximum absolute atomic E-state index is 13.3. The average Bonchev–Trinajstić information content (AvgIpc) is 3.28. The minimum absolute atomic E-state index is 0.0696. The van der Waals surface area contributed by atoms with Crippen LogP contribution in [0.4, 0.5) is 13.2 Å². The summed E-state index contributed by atoms with van der Waals surface area (Å²) in [5.41, 5.74) is 1.24. The van der Waals surface area contributed by atoms with Gasteiger partial charge in [-0.3, -0.25) is 4.79 Å². The Labute approximate surface area is 198 Å². The van der Waals surface area contributed by atoms with Gasteiger partial charge in [-0.15, -0.1) is 11.8 Å². The molecule has 2 N–H and O–H groups in total. The first-order valence-electron chi connectivity index (χ1n) is 10.8. The van der Waals surface area contributed by atoms with Gasteiger partial charge in [0.2, 0.25) is 0 Å². The number of amides is 1. The second kappa shape index (κ2) is 8.23. The number of alkyl halides is 3. The van der Waals surface area contributed by atoms with E-state index in [9.17, 15) is 22.8 Å². The molecule has 0 radical (unpaired) electrons. The summed E-state index contributed by atoms with van der Waals surface area (Å²) >= 11 is 1.55. The van der Waals surface area contributed by atoms with Crippen molar-refractivity contribution in [2.24, 2.45) is 0 Å². The summed E-state index contributed by atoms with van der Waals surface area (Å²) in [4.78, 5) is 26.4. The molecular formula is C25H21F3N2O3S. The molecule has 2 heterocycles. The van der Waals surface area contributed by atoms with Crippen molar-refractivity contribution in [1.82, 2.24) is 10.2 Å². The van der Waals surface area contributed by atoms with E-state index in [1.807, 2.05) is 22.6 Å². The number of hydrogen-bond acceptors (Lipinski definition) is 4. The van der Waals surface area contributed by atoms with E-state index in [4.69, 9.17) is 5.11 Å². The first-order valence-corrected chi connectivity index (χ1v) is 11.7. The lowest BCUT2D eigenvalue weighted by atomic mass is 10.00. The molecule has 2 aromatic rings. The highest BCUT2D eigenvalue weighted by atomic mass is 32.2. The molecule has 5 rings (SSSR count). The summed E-state index contributed by atoms with van der Waals surface area (Å²) in [6.45, 7) is 0.392. The predicted molar refractivity (Wildman–Crippen MR) is 122 cm³/mol. The van der Waals surface area contributed by atoms with Crippen molar-refractivity contribution in [1.29, 1.82) is 0 Å². The Hall–Kier alpha value is -3.20. The number of fused-ring (bicyclic) bond motifs is 1. The molecule has 1 saturated carbocycles. The zero-order valence-corrected chi connectivity index (χ0v) is 18.7. The van der Waals surface area contributed by atoms with Crippen LogP contribution in [-0.4, -0.2) is 33.2 Å². The minimum Gasteiger partial charge on any atom is -0.478 e. The number of halogens is 3. The molecule has 1 aliphatic carbocycles. The van der Waals surface area contributed by atoms with Crippen molar-refractivity contribution in [2.45, 2.75) is 42.4 Å². The van der Waals surface area contributed by atoms with Gasteiger partial charge in [0, 0.05) is 12.1 Å². The molecule has 9 heteroatoms. The standard InChI is InChI=1S/C25H21F3N2O3S/c26-25(27,28)18-5-1-15(2-6-18)13-30-12-9-20-21(30)19(14-34-20)22(31)29-24(10-11-24)17-7-3-16(4-8-17)23(32)33/h1-9,12,14,20-21H,10-11,13H2,(H,29,31)(H,32,33). The highest BCUT2D eigenvalue weighted by molar-refractivity contribution is 8.03. The number of nitrogens with zero attached hydrogens (tertiary/aromatic N) is 1. The highest BCUT2D eigenvalue weighted by Crippen LogP contribution is 2.47. The summed E-state index contributed by atoms with van der Waals surface area (Å²) in [6.07, 6.45) is 1.08. The van der Waals surface area contributed by atoms with Crippen molar-refractivity contribution >= 4 is 23.6 Å². The van der Waals surface area contributed by atoms with Gasteiger partial charge in [-0.25, -0.2) is 4.79 Å². The Bertz CT molecular complexity index is 1190. The molecule has 1 fully saturated rings. The third kappa shape index (κ3) is 4.20. The van der Waals surface area contributed by atoms with Gasteiger partial charge in [-0.05, 0) is 59.8 Å². The zero-order chi connectivity index (χ0) is 24.1. The van der Waals surface area contributed by atoms with Crippen molar-refractivity contribution in [3.8, 4) is 0 Å². The summed E-state index contributed by atoms with van der Waals surface area (Å²) in [7, 11) is 0. The second-order valence-electron chi connectivity index (χ2n) is 8.75. The van der Waals surface area contributed by atoms with Crippen LogP contribution in [0.2, 0.25) is 0 Å². The Morgan fingerprint density at radius 1 is 1.09 bits per heavy atom. The fourth-order valence-electron chi connectivity index (χ4n) is 4.46. The number of benzene rings is 2. The predicted octanol–water partition coefficient (Wildman–Crippen LogP) is 4.91. The van der Waals surface area contributed by atoms with Crippen LogP contribution in [0, 0.1) is 0 Å². The van der Waals surface area contributed by atoms with Crippen LogP contribution in [0.1, 0.15) is 39.9 Å². The number of aromatic carboxylic acids is 1. The molecular weight excluding hydrogens is 465 g/mol. The first kappa shape index (κ1) is 22.6. The van der Waals surface area contributed by atoms with Gasteiger partial charge in [0.05, 0.1) is 28.0 Å². The van der Waals surface area contributed by atoms with Crippen molar-refractivity contribution in [3.63, 3.8) is 0 Å². The number of carboxylic acids is 1. The van der Waals surface area contributed by atoms with Gasteiger partial charge in [0.25, 0.3) is 5.91 Å². The molecule has 34 heavy (non-hydrogen) atoms. The fraction of sp³-hybridized carbons (Fsp3) is 0.280. The van der Waals surface area contributed by atoms with Crippen LogP contribution in [0.15, 0.2) is 71.8 Å². The Morgan fingerprint density at radius 3 is 2.35 bits per heavy atom. The van der Waals surface area contributed by atoms with Crippen LogP contribution in [0.25, 0.3) is 0 Å². The summed E-state index contributed by atoms with van der Waals surface area (Å²) in [5, 5.41) is 14.2. The summed E-state index contributed by atoms with van der Waals surface area (Å²) < 4.78 is 38.6. The maximum atomic E-state index is 13.3. The number of thioether (sulfide) groups is 1. The number of rotatable bonds is 6. The normalized spacial score (nSPS) is 22.3. The van der Waals surface area contributed by atoms with Crippen molar-refractivity contribution in [3.05, 3.63) is 94.0 Å². The molecule has 0 bridgehead atoms. The molecule has 2 unspecified atom stereocenters. The van der Waals surface area contributed by atoms with E-state index in [1.54, 1.807) is 23.9 Å². The lowest BCUT2D eigenvalue weighted by molar-refractivity contribution is -0.137. The van der Waals surface area contributed by atoms with E-state index in [1.165, 1.54) is 24.3 Å². The molecule has 176 valence electrons. The molecule has 0 aromatic heterocycles. The molecule has 3 aliphatic rings. The van der Waals surface area contributed by atoms with Gasteiger partial charge in [-0.1, -0.05) is 30.3 Å². The monoisotopic (exact) mass is 486 g/mol. The molecule has 0 spiro atoms. The average molecular weight is 487 g/mol. The lowest BCUT2D eigenvalue weighted by Crippen LogP contribution is -2.42. The van der Waals surface area contributed by atoms with E-state index in [-0.39, 0.29) is 22.8 Å². The molecule has 2 atom stereocenters. The number of carbonyl (C=O) groups excluding carboxylic acids is 1. The van der Waals surface area contributed by atoms with Crippen LogP contribution in [0.3, 0.4) is 0 Å². The van der Waals surface area contributed by atoms with Gasteiger partial charge in [0.1, 0.15) is 0 Å². The summed E-state index contributed by atoms with van der Waals surface area (Å²) in [6, 6.07) is 11.5. The van der Waals surface area contributed by atoms with Crippen molar-refractivity contribution in [2.75, 3.05) is 0 Å². The van der Waals surface area contributed by atoms with Crippen LogP contribution >= 0.6 is 11.8 Å². The molecule has 2 aliphatic heterocycles. The van der Waals surface area contributed by atoms with Crippen LogP contribution in [-0.2, 0) is 23.1 Å². The summed E-state index contributed by atoms with van der Waals surface area (Å²) in [5.74, 6) is -1.18. The van der Waals surface area contributed by atoms with Gasteiger partial charge in [-0.2, -0.15) is 13.2 Å². The smallest absolute Gasteiger partial charge is 0.416 e. The van der Waals surface area contributed by atoms with E-state index in [0.717, 1.165) is 36.1 Å². The lowest BCUT2D eigenvalue weighted by Gasteiger charge is -2.28. The topological polar surface area (TPSA) is 69.6 Å². The van der Waals surface area contributed by atoms with Crippen LogP contribution < -0.4 is 5.32 Å². The Morgan fingerprint density at radius 2 is 1.76 bits per heavy atom. The molecule has 1 amide bonds. The van der Waals surface area contributed by atoms with Gasteiger partial charge >= 0.3 is 12.1 Å². The van der Waals surface area contributed by atoms with Gasteiger partial charge in [0.15, 0.2) is 0 Å². The van der Waals surface area contributed by atoms with Gasteiger partial charge < -0.3 is 15.3 Å². The van der Waals surface area contributed by atoms with E-state index >= 15 is 0 Å². The van der Waals surface area contributed by atoms with Crippen molar-refractivity contribution < 1.29 is 27.9 Å². The SMILES string of the molecule is O=C(NC1(c2ccc(C(=O)O)cc2)CC1)C1=CSC2C=CN(Cc3ccc(C(F)(F)F)cc3)C12. The van der Waals surface area contributed by atoms with E-state index in [2.05, 4.69) is 5.32 Å². The minimum atomic E-state index is -4.38. The third-order valence-electron chi connectivity index (χ3n) is 6.50. The first-order chi connectivity index (χ1) is 16.2. The van der Waals surface area contributed by atoms with Crippen LogP contribution in [0.5, 0.6) is 0 Å². The number of hydrogen-bond donors (Lipinski definition) is 2.